The molecule has 0 unspecified atom stereocenters. The van der Waals surface area contributed by atoms with E-state index in [9.17, 15) is 0 Å². The van der Waals surface area contributed by atoms with Crippen LogP contribution in [0.3, 0.4) is 0 Å². The molecule has 1 saturated heterocycles. The third-order valence-corrected chi connectivity index (χ3v) is 1.73. The highest BCUT2D eigenvalue weighted by atomic mass is 16.7. The van der Waals surface area contributed by atoms with Gasteiger partial charge in [0.05, 0.1) is 13.2 Å². The van der Waals surface area contributed by atoms with E-state index in [0.717, 1.165) is 19.6 Å². The molecule has 0 spiro atoms. The number of rotatable bonds is 2. The minimum Gasteiger partial charge on any atom is -0.348 e. The Morgan fingerprint density at radius 3 is 2.22 bits per heavy atom. The molecule has 2 heteroatoms. The molecule has 1 aliphatic heterocycles. The van der Waals surface area contributed by atoms with Gasteiger partial charge in [0.25, 0.3) is 0 Å². The van der Waals surface area contributed by atoms with Gasteiger partial charge in [0.2, 0.25) is 0 Å². The highest BCUT2D eigenvalue weighted by molar-refractivity contribution is 4.72. The highest BCUT2D eigenvalue weighted by Gasteiger charge is 2.31. The fraction of sp³-hybridized carbons (Fsp3) is 0.857. The first-order valence-electron chi connectivity index (χ1n) is 3.40. The molecule has 0 bridgehead atoms. The van der Waals surface area contributed by atoms with Gasteiger partial charge in [-0.2, -0.15) is 0 Å². The summed E-state index contributed by atoms with van der Waals surface area (Å²) in [5.41, 5.74) is 0. The summed E-state index contributed by atoms with van der Waals surface area (Å²) in [6.45, 7) is 7.26. The first kappa shape index (κ1) is 7.03. The first-order chi connectivity index (χ1) is 4.33. The lowest BCUT2D eigenvalue weighted by Crippen LogP contribution is -2.27. The van der Waals surface area contributed by atoms with Crippen molar-refractivity contribution >= 4 is 0 Å². The summed E-state index contributed by atoms with van der Waals surface area (Å²) in [4.78, 5) is 0. The van der Waals surface area contributed by atoms with Crippen molar-refractivity contribution in [3.63, 3.8) is 0 Å². The van der Waals surface area contributed by atoms with Crippen molar-refractivity contribution in [3.05, 3.63) is 6.92 Å². The lowest BCUT2D eigenvalue weighted by Gasteiger charge is -2.23. The Morgan fingerprint density at radius 1 is 1.44 bits per heavy atom. The molecule has 1 heterocycles. The molecule has 53 valence electrons. The SMILES string of the molecule is [CH2]CC1(CC)OCCO1. The Hall–Kier alpha value is -0.0800. The first-order valence-corrected chi connectivity index (χ1v) is 3.40. The van der Waals surface area contributed by atoms with Crippen LogP contribution in [0.2, 0.25) is 0 Å². The largest absolute Gasteiger partial charge is 0.348 e. The van der Waals surface area contributed by atoms with E-state index in [1.165, 1.54) is 0 Å². The maximum absolute atomic E-state index is 5.35. The predicted molar refractivity (Wildman–Crippen MR) is 34.9 cm³/mol. The zero-order valence-electron chi connectivity index (χ0n) is 5.85. The minimum absolute atomic E-state index is 0.333. The van der Waals surface area contributed by atoms with Gasteiger partial charge in [-0.15, -0.1) is 0 Å². The van der Waals surface area contributed by atoms with E-state index in [1.54, 1.807) is 0 Å². The Morgan fingerprint density at radius 2 is 2.00 bits per heavy atom. The van der Waals surface area contributed by atoms with Gasteiger partial charge in [-0.05, 0) is 13.3 Å². The second kappa shape index (κ2) is 2.67. The Balaban J connectivity index is 2.45. The normalized spacial score (nSPS) is 24.7. The lowest BCUT2D eigenvalue weighted by molar-refractivity contribution is -0.156. The fourth-order valence-corrected chi connectivity index (χ4v) is 1.02. The van der Waals surface area contributed by atoms with Crippen molar-refractivity contribution in [2.45, 2.75) is 25.6 Å². The summed E-state index contributed by atoms with van der Waals surface area (Å²) in [6.07, 6.45) is 1.61. The fourth-order valence-electron chi connectivity index (χ4n) is 1.02. The second-order valence-corrected chi connectivity index (χ2v) is 2.21. The van der Waals surface area contributed by atoms with E-state index < -0.39 is 0 Å². The van der Waals surface area contributed by atoms with Crippen LogP contribution in [0, 0.1) is 6.92 Å². The summed E-state index contributed by atoms with van der Waals surface area (Å²) in [6, 6.07) is 0. The molecule has 1 rings (SSSR count). The average molecular weight is 129 g/mol. The molecule has 1 aliphatic rings. The molecule has 0 amide bonds. The van der Waals surface area contributed by atoms with Crippen LogP contribution in [-0.4, -0.2) is 19.0 Å². The lowest BCUT2D eigenvalue weighted by atomic mass is 10.1. The Labute approximate surface area is 56.2 Å². The summed E-state index contributed by atoms with van der Waals surface area (Å²) >= 11 is 0. The Bertz CT molecular complexity index is 78.9. The summed E-state index contributed by atoms with van der Waals surface area (Å²) in [5.74, 6) is -0.333. The van der Waals surface area contributed by atoms with Crippen LogP contribution in [0.5, 0.6) is 0 Å². The molecule has 0 aromatic heterocycles. The van der Waals surface area contributed by atoms with Crippen molar-refractivity contribution < 1.29 is 9.47 Å². The van der Waals surface area contributed by atoms with Crippen molar-refractivity contribution in [1.29, 1.82) is 0 Å². The van der Waals surface area contributed by atoms with Gasteiger partial charge in [-0.1, -0.05) is 6.92 Å². The van der Waals surface area contributed by atoms with E-state index >= 15 is 0 Å². The molecular formula is C7H13O2. The van der Waals surface area contributed by atoms with Gasteiger partial charge < -0.3 is 9.47 Å². The minimum atomic E-state index is -0.333. The molecular weight excluding hydrogens is 116 g/mol. The highest BCUT2D eigenvalue weighted by Crippen LogP contribution is 2.25. The van der Waals surface area contributed by atoms with Crippen molar-refractivity contribution in [1.82, 2.24) is 0 Å². The van der Waals surface area contributed by atoms with Crippen molar-refractivity contribution in [3.8, 4) is 0 Å². The summed E-state index contributed by atoms with van der Waals surface area (Å²) < 4.78 is 10.7. The maximum atomic E-state index is 5.35. The molecule has 9 heavy (non-hydrogen) atoms. The zero-order valence-corrected chi connectivity index (χ0v) is 5.85. The second-order valence-electron chi connectivity index (χ2n) is 2.21. The van der Waals surface area contributed by atoms with E-state index in [-0.39, 0.29) is 5.79 Å². The van der Waals surface area contributed by atoms with E-state index in [1.807, 2.05) is 0 Å². The molecule has 0 aromatic carbocycles. The van der Waals surface area contributed by atoms with E-state index in [4.69, 9.17) is 9.47 Å². The van der Waals surface area contributed by atoms with Gasteiger partial charge in [-0.25, -0.2) is 0 Å². The number of hydrogen-bond acceptors (Lipinski definition) is 2. The van der Waals surface area contributed by atoms with Crippen molar-refractivity contribution in [2.75, 3.05) is 13.2 Å². The third-order valence-electron chi connectivity index (χ3n) is 1.73. The molecule has 0 atom stereocenters. The van der Waals surface area contributed by atoms with Crippen LogP contribution in [0.4, 0.5) is 0 Å². The van der Waals surface area contributed by atoms with Crippen LogP contribution in [0.1, 0.15) is 19.8 Å². The van der Waals surface area contributed by atoms with Gasteiger partial charge in [0.1, 0.15) is 0 Å². The molecule has 1 radical (unpaired) electrons. The van der Waals surface area contributed by atoms with Crippen LogP contribution in [0.15, 0.2) is 0 Å². The predicted octanol–water partition coefficient (Wildman–Crippen LogP) is 1.36. The molecule has 0 aliphatic carbocycles. The van der Waals surface area contributed by atoms with E-state index in [2.05, 4.69) is 13.8 Å². The topological polar surface area (TPSA) is 18.5 Å². The number of ether oxygens (including phenoxy) is 2. The van der Waals surface area contributed by atoms with Crippen LogP contribution in [0.25, 0.3) is 0 Å². The monoisotopic (exact) mass is 129 g/mol. The number of hydrogen-bond donors (Lipinski definition) is 0. The molecule has 0 aromatic rings. The molecule has 1 fully saturated rings. The van der Waals surface area contributed by atoms with Crippen LogP contribution < -0.4 is 0 Å². The van der Waals surface area contributed by atoms with Gasteiger partial charge in [0.15, 0.2) is 5.79 Å². The molecule has 0 N–H and O–H groups in total. The smallest absolute Gasteiger partial charge is 0.168 e. The standard InChI is InChI=1S/C7H13O2/c1-3-7(4-2)8-5-6-9-7/h1,3-6H2,2H3. The van der Waals surface area contributed by atoms with Gasteiger partial charge >= 0.3 is 0 Å². The average Bonchev–Trinajstić information content (AvgIpc) is 2.36. The Kier molecular flexibility index (Phi) is 2.09. The van der Waals surface area contributed by atoms with Gasteiger partial charge in [-0.3, -0.25) is 0 Å². The van der Waals surface area contributed by atoms with Crippen LogP contribution >= 0.6 is 0 Å². The van der Waals surface area contributed by atoms with Gasteiger partial charge in [0, 0.05) is 6.42 Å². The summed E-state index contributed by atoms with van der Waals surface area (Å²) in [5, 5.41) is 0. The third kappa shape index (κ3) is 1.25. The molecule has 0 saturated carbocycles. The molecule has 2 nitrogen and oxygen atoms in total. The maximum Gasteiger partial charge on any atom is 0.168 e. The summed E-state index contributed by atoms with van der Waals surface area (Å²) in [7, 11) is 0. The zero-order chi connectivity index (χ0) is 6.74. The van der Waals surface area contributed by atoms with E-state index in [0.29, 0.717) is 6.42 Å². The van der Waals surface area contributed by atoms with Crippen LogP contribution in [-0.2, 0) is 9.47 Å². The quantitative estimate of drug-likeness (QED) is 0.560. The van der Waals surface area contributed by atoms with Crippen molar-refractivity contribution in [2.24, 2.45) is 0 Å².